The molecule has 0 aliphatic carbocycles. The molecule has 1 heteroatoms. The fourth-order valence-electron chi connectivity index (χ4n) is 1.51. The SMILES string of the molecule is C=CCCCCCCCCC(C)C#N. The molecule has 0 heterocycles. The Hall–Kier alpha value is -0.770. The van der Waals surface area contributed by atoms with Gasteiger partial charge in [0.05, 0.1) is 6.07 Å². The molecule has 0 rings (SSSR count). The molecule has 0 aromatic heterocycles. The number of hydrogen-bond donors (Lipinski definition) is 0. The average Bonchev–Trinajstić information content (AvgIpc) is 2.21. The van der Waals surface area contributed by atoms with Crippen LogP contribution in [-0.2, 0) is 0 Å². The van der Waals surface area contributed by atoms with Crippen LogP contribution >= 0.6 is 0 Å². The van der Waals surface area contributed by atoms with E-state index in [4.69, 9.17) is 5.26 Å². The smallest absolute Gasteiger partial charge is 0.0652 e. The topological polar surface area (TPSA) is 23.8 Å². The molecule has 0 spiro atoms. The van der Waals surface area contributed by atoms with Gasteiger partial charge in [-0.25, -0.2) is 0 Å². The van der Waals surface area contributed by atoms with Crippen molar-refractivity contribution in [2.75, 3.05) is 0 Å². The van der Waals surface area contributed by atoms with Crippen molar-refractivity contribution in [1.82, 2.24) is 0 Å². The number of nitriles is 1. The predicted molar refractivity (Wildman–Crippen MR) is 61.9 cm³/mol. The molecule has 1 unspecified atom stereocenters. The van der Waals surface area contributed by atoms with E-state index < -0.39 is 0 Å². The molecule has 0 saturated carbocycles. The zero-order valence-corrected chi connectivity index (χ0v) is 9.47. The Kier molecular flexibility index (Phi) is 9.74. The van der Waals surface area contributed by atoms with Crippen LogP contribution < -0.4 is 0 Å². The first-order valence-electron chi connectivity index (χ1n) is 5.81. The van der Waals surface area contributed by atoms with Gasteiger partial charge >= 0.3 is 0 Å². The molecule has 80 valence electrons. The highest BCUT2D eigenvalue weighted by Gasteiger charge is 1.98. The number of rotatable bonds is 9. The summed E-state index contributed by atoms with van der Waals surface area (Å²) in [6.45, 7) is 5.71. The molecular formula is C13H23N. The summed E-state index contributed by atoms with van der Waals surface area (Å²) < 4.78 is 0. The second-order valence-electron chi connectivity index (χ2n) is 4.02. The third-order valence-electron chi connectivity index (χ3n) is 2.52. The highest BCUT2D eigenvalue weighted by Crippen LogP contribution is 2.11. The Morgan fingerprint density at radius 3 is 2.29 bits per heavy atom. The van der Waals surface area contributed by atoms with E-state index in [0.717, 1.165) is 12.8 Å². The minimum absolute atomic E-state index is 0.246. The van der Waals surface area contributed by atoms with E-state index in [-0.39, 0.29) is 5.92 Å². The largest absolute Gasteiger partial charge is 0.198 e. The van der Waals surface area contributed by atoms with Crippen molar-refractivity contribution in [3.63, 3.8) is 0 Å². The van der Waals surface area contributed by atoms with Gasteiger partial charge in [-0.05, 0) is 26.2 Å². The number of unbranched alkanes of at least 4 members (excludes halogenated alkanes) is 6. The molecule has 0 amide bonds. The molecular weight excluding hydrogens is 170 g/mol. The van der Waals surface area contributed by atoms with Crippen LogP contribution in [0.25, 0.3) is 0 Å². The van der Waals surface area contributed by atoms with Gasteiger partial charge in [0, 0.05) is 5.92 Å². The van der Waals surface area contributed by atoms with Crippen molar-refractivity contribution in [2.24, 2.45) is 5.92 Å². The van der Waals surface area contributed by atoms with E-state index in [9.17, 15) is 0 Å². The lowest BCUT2D eigenvalue weighted by molar-refractivity contribution is 0.544. The van der Waals surface area contributed by atoms with Crippen molar-refractivity contribution in [3.05, 3.63) is 12.7 Å². The molecule has 0 aliphatic rings. The van der Waals surface area contributed by atoms with Crippen LogP contribution in [0.2, 0.25) is 0 Å². The normalized spacial score (nSPS) is 12.0. The van der Waals surface area contributed by atoms with Crippen LogP contribution in [0.1, 0.15) is 58.3 Å². The van der Waals surface area contributed by atoms with Crippen molar-refractivity contribution < 1.29 is 0 Å². The summed E-state index contributed by atoms with van der Waals surface area (Å²) in [7, 11) is 0. The van der Waals surface area contributed by atoms with Crippen molar-refractivity contribution in [1.29, 1.82) is 5.26 Å². The van der Waals surface area contributed by atoms with Gasteiger partial charge in [-0.15, -0.1) is 6.58 Å². The van der Waals surface area contributed by atoms with Crippen LogP contribution in [0.4, 0.5) is 0 Å². The zero-order valence-electron chi connectivity index (χ0n) is 9.47. The highest BCUT2D eigenvalue weighted by molar-refractivity contribution is 4.77. The van der Waals surface area contributed by atoms with Gasteiger partial charge in [-0.2, -0.15) is 5.26 Å². The van der Waals surface area contributed by atoms with Crippen LogP contribution in [0.15, 0.2) is 12.7 Å². The Bertz CT molecular complexity index is 167. The molecule has 0 aromatic rings. The van der Waals surface area contributed by atoms with Crippen LogP contribution in [0.3, 0.4) is 0 Å². The zero-order chi connectivity index (χ0) is 10.6. The number of nitrogens with zero attached hydrogens (tertiary/aromatic N) is 1. The minimum atomic E-state index is 0.246. The first-order valence-corrected chi connectivity index (χ1v) is 5.81. The van der Waals surface area contributed by atoms with E-state index in [2.05, 4.69) is 12.6 Å². The van der Waals surface area contributed by atoms with Crippen LogP contribution in [0, 0.1) is 17.2 Å². The summed E-state index contributed by atoms with van der Waals surface area (Å²) in [6.07, 6.45) is 12.0. The maximum Gasteiger partial charge on any atom is 0.0652 e. The third kappa shape index (κ3) is 9.32. The van der Waals surface area contributed by atoms with E-state index in [1.165, 1.54) is 38.5 Å². The summed E-state index contributed by atoms with van der Waals surface area (Å²) in [5.41, 5.74) is 0. The highest BCUT2D eigenvalue weighted by atomic mass is 14.3. The predicted octanol–water partition coefficient (Wildman–Crippen LogP) is 4.45. The van der Waals surface area contributed by atoms with E-state index in [1.807, 2.05) is 13.0 Å². The monoisotopic (exact) mass is 193 g/mol. The Balaban J connectivity index is 2.99. The van der Waals surface area contributed by atoms with Crippen LogP contribution in [0.5, 0.6) is 0 Å². The lowest BCUT2D eigenvalue weighted by Gasteiger charge is -2.02. The molecule has 0 saturated heterocycles. The third-order valence-corrected chi connectivity index (χ3v) is 2.52. The lowest BCUT2D eigenvalue weighted by atomic mass is 10.0. The second-order valence-corrected chi connectivity index (χ2v) is 4.02. The number of hydrogen-bond acceptors (Lipinski definition) is 1. The Labute approximate surface area is 88.8 Å². The molecule has 1 atom stereocenters. The van der Waals surface area contributed by atoms with Gasteiger partial charge < -0.3 is 0 Å². The van der Waals surface area contributed by atoms with E-state index >= 15 is 0 Å². The first kappa shape index (κ1) is 13.2. The fourth-order valence-corrected chi connectivity index (χ4v) is 1.51. The Morgan fingerprint density at radius 2 is 1.71 bits per heavy atom. The van der Waals surface area contributed by atoms with Gasteiger partial charge in [0.15, 0.2) is 0 Å². The lowest BCUT2D eigenvalue weighted by Crippen LogP contribution is -1.89. The molecule has 0 aromatic carbocycles. The average molecular weight is 193 g/mol. The van der Waals surface area contributed by atoms with Crippen molar-refractivity contribution >= 4 is 0 Å². The van der Waals surface area contributed by atoms with Gasteiger partial charge in [0.2, 0.25) is 0 Å². The van der Waals surface area contributed by atoms with Gasteiger partial charge in [0.1, 0.15) is 0 Å². The van der Waals surface area contributed by atoms with Gasteiger partial charge in [-0.3, -0.25) is 0 Å². The maximum atomic E-state index is 8.58. The molecule has 0 bridgehead atoms. The summed E-state index contributed by atoms with van der Waals surface area (Å²) in [6, 6.07) is 2.27. The van der Waals surface area contributed by atoms with E-state index in [1.54, 1.807) is 0 Å². The molecule has 14 heavy (non-hydrogen) atoms. The molecule has 0 N–H and O–H groups in total. The second kappa shape index (κ2) is 10.3. The summed E-state index contributed by atoms with van der Waals surface area (Å²) in [5.74, 6) is 0.246. The minimum Gasteiger partial charge on any atom is -0.198 e. The fraction of sp³-hybridized carbons (Fsp3) is 0.769. The summed E-state index contributed by atoms with van der Waals surface area (Å²) >= 11 is 0. The van der Waals surface area contributed by atoms with Crippen LogP contribution in [-0.4, -0.2) is 0 Å². The van der Waals surface area contributed by atoms with Gasteiger partial charge in [0.25, 0.3) is 0 Å². The van der Waals surface area contributed by atoms with E-state index in [0.29, 0.717) is 0 Å². The van der Waals surface area contributed by atoms with Gasteiger partial charge in [-0.1, -0.05) is 38.2 Å². The molecule has 0 aliphatic heterocycles. The quantitative estimate of drug-likeness (QED) is 0.392. The van der Waals surface area contributed by atoms with Crippen molar-refractivity contribution in [2.45, 2.75) is 58.3 Å². The molecule has 0 radical (unpaired) electrons. The Morgan fingerprint density at radius 1 is 1.14 bits per heavy atom. The summed E-state index contributed by atoms with van der Waals surface area (Å²) in [4.78, 5) is 0. The van der Waals surface area contributed by atoms with Crippen molar-refractivity contribution in [3.8, 4) is 6.07 Å². The molecule has 1 nitrogen and oxygen atoms in total. The standard InChI is InChI=1S/C13H23N/c1-3-4-5-6-7-8-9-10-11-13(2)12-14/h3,13H,1,4-11H2,2H3. The number of allylic oxidation sites excluding steroid dienone is 1. The molecule has 0 fully saturated rings. The maximum absolute atomic E-state index is 8.58. The first-order chi connectivity index (χ1) is 6.81. The summed E-state index contributed by atoms with van der Waals surface area (Å²) in [5, 5.41) is 8.58.